The van der Waals surface area contributed by atoms with E-state index in [4.69, 9.17) is 14.2 Å². The molecule has 4 nitrogen and oxygen atoms in total. The highest BCUT2D eigenvalue weighted by molar-refractivity contribution is 5.97. The Balaban J connectivity index is 1.45. The number of carbonyl (C=O) groups is 1. The fourth-order valence-electron chi connectivity index (χ4n) is 4.33. The molecule has 4 heteroatoms. The minimum Gasteiger partial charge on any atom is -0.491 e. The molecule has 0 N–H and O–H groups in total. The number of ketones is 1. The van der Waals surface area contributed by atoms with Crippen LogP contribution in [0.3, 0.4) is 0 Å². The minimum absolute atomic E-state index is 0.00244. The summed E-state index contributed by atoms with van der Waals surface area (Å²) in [5.41, 5.74) is 3.19. The molecule has 2 unspecified atom stereocenters. The van der Waals surface area contributed by atoms with Crippen molar-refractivity contribution in [3.05, 3.63) is 59.2 Å². The van der Waals surface area contributed by atoms with Gasteiger partial charge in [-0.3, -0.25) is 4.79 Å². The fourth-order valence-corrected chi connectivity index (χ4v) is 4.33. The van der Waals surface area contributed by atoms with Crippen LogP contribution in [0.25, 0.3) is 0 Å². The molecule has 1 fully saturated rings. The Kier molecular flexibility index (Phi) is 9.16. The molecule has 0 radical (unpaired) electrons. The van der Waals surface area contributed by atoms with E-state index in [0.717, 1.165) is 17.7 Å². The molecule has 2 atom stereocenters. The lowest BCUT2D eigenvalue weighted by Gasteiger charge is -2.22. The van der Waals surface area contributed by atoms with E-state index < -0.39 is 6.29 Å². The van der Waals surface area contributed by atoms with Gasteiger partial charge in [0.1, 0.15) is 18.1 Å². The van der Waals surface area contributed by atoms with Crippen LogP contribution in [-0.2, 0) is 4.74 Å². The Morgan fingerprint density at radius 1 is 1.00 bits per heavy atom. The highest BCUT2D eigenvalue weighted by Gasteiger charge is 2.16. The van der Waals surface area contributed by atoms with Gasteiger partial charge in [-0.15, -0.1) is 0 Å². The third kappa shape index (κ3) is 6.83. The molecule has 1 aliphatic carbocycles. The van der Waals surface area contributed by atoms with Crippen molar-refractivity contribution >= 4 is 5.78 Å². The predicted molar refractivity (Wildman–Crippen MR) is 129 cm³/mol. The van der Waals surface area contributed by atoms with Crippen LogP contribution in [-0.4, -0.2) is 25.3 Å². The van der Waals surface area contributed by atoms with Gasteiger partial charge in [-0.2, -0.15) is 0 Å². The van der Waals surface area contributed by atoms with Crippen LogP contribution >= 0.6 is 0 Å². The van der Waals surface area contributed by atoms with Crippen molar-refractivity contribution in [3.8, 4) is 11.5 Å². The molecular weight excluding hydrogens is 400 g/mol. The molecule has 3 rings (SSSR count). The number of rotatable bonds is 11. The quantitative estimate of drug-likeness (QED) is 0.210. The first-order chi connectivity index (χ1) is 15.5. The van der Waals surface area contributed by atoms with Crippen molar-refractivity contribution in [3.63, 3.8) is 0 Å². The summed E-state index contributed by atoms with van der Waals surface area (Å²) in [6.45, 7) is 8.57. The summed E-state index contributed by atoms with van der Waals surface area (Å²) in [5.74, 6) is 2.54. The minimum atomic E-state index is -0.472. The van der Waals surface area contributed by atoms with Crippen molar-refractivity contribution < 1.29 is 19.0 Å². The van der Waals surface area contributed by atoms with Gasteiger partial charge >= 0.3 is 0 Å². The van der Waals surface area contributed by atoms with Crippen LogP contribution < -0.4 is 9.47 Å². The highest BCUT2D eigenvalue weighted by atomic mass is 16.7. The monoisotopic (exact) mass is 438 g/mol. The average molecular weight is 439 g/mol. The second-order valence-electron chi connectivity index (χ2n) is 8.93. The summed E-state index contributed by atoms with van der Waals surface area (Å²) >= 11 is 0. The maximum absolute atomic E-state index is 12.1. The molecule has 0 aliphatic heterocycles. The van der Waals surface area contributed by atoms with E-state index in [-0.39, 0.29) is 5.78 Å². The molecule has 0 spiro atoms. The Morgan fingerprint density at radius 3 is 2.38 bits per heavy atom. The van der Waals surface area contributed by atoms with Crippen molar-refractivity contribution in [1.29, 1.82) is 0 Å². The maximum Gasteiger partial charge on any atom is 0.197 e. The molecule has 0 aromatic heterocycles. The first-order valence-corrected chi connectivity index (χ1v) is 12.1. The largest absolute Gasteiger partial charge is 0.491 e. The topological polar surface area (TPSA) is 44.8 Å². The average Bonchev–Trinajstić information content (AvgIpc) is 2.82. The number of Topliss-reactive ketones (excluding diaryl/α,β-unsaturated/α-hetero) is 1. The molecule has 2 aromatic carbocycles. The molecular formula is C28H38O4. The molecule has 174 valence electrons. The van der Waals surface area contributed by atoms with Gasteiger partial charge in [-0.1, -0.05) is 51.3 Å². The summed E-state index contributed by atoms with van der Waals surface area (Å²) in [5, 5.41) is 0. The molecule has 2 aromatic rings. The summed E-state index contributed by atoms with van der Waals surface area (Å²) < 4.78 is 17.5. The molecule has 0 heterocycles. The highest BCUT2D eigenvalue weighted by Crippen LogP contribution is 2.33. The van der Waals surface area contributed by atoms with Gasteiger partial charge in [-0.05, 0) is 80.3 Å². The molecule has 0 saturated heterocycles. The Morgan fingerprint density at radius 2 is 1.72 bits per heavy atom. The van der Waals surface area contributed by atoms with Crippen molar-refractivity contribution in [2.75, 3.05) is 13.2 Å². The molecule has 32 heavy (non-hydrogen) atoms. The number of hydrogen-bond donors (Lipinski definition) is 0. The van der Waals surface area contributed by atoms with Crippen LogP contribution in [0.1, 0.15) is 99.5 Å². The third-order valence-electron chi connectivity index (χ3n) is 6.52. The van der Waals surface area contributed by atoms with Gasteiger partial charge in [0.05, 0.1) is 12.2 Å². The second kappa shape index (κ2) is 12.1. The second-order valence-corrected chi connectivity index (χ2v) is 8.93. The van der Waals surface area contributed by atoms with Gasteiger partial charge in [0.15, 0.2) is 12.1 Å². The van der Waals surface area contributed by atoms with E-state index in [2.05, 4.69) is 38.1 Å². The molecule has 0 bridgehead atoms. The van der Waals surface area contributed by atoms with Crippen LogP contribution in [0.4, 0.5) is 0 Å². The SMILES string of the molecule is CCC(C)c1ccc(OC(C)OCCOc2ccc(C3CCCCC3)cc2)c(C(C)=O)c1. The normalized spacial score (nSPS) is 16.4. The van der Waals surface area contributed by atoms with Crippen molar-refractivity contribution in [2.45, 2.75) is 84.3 Å². The Bertz CT molecular complexity index is 852. The van der Waals surface area contributed by atoms with Crippen molar-refractivity contribution in [1.82, 2.24) is 0 Å². The van der Waals surface area contributed by atoms with Crippen LogP contribution in [0.15, 0.2) is 42.5 Å². The summed E-state index contributed by atoms with van der Waals surface area (Å²) in [6.07, 6.45) is 7.22. The Labute approximate surface area is 193 Å². The zero-order valence-corrected chi connectivity index (χ0v) is 20.1. The first-order valence-electron chi connectivity index (χ1n) is 12.1. The van der Waals surface area contributed by atoms with E-state index in [1.165, 1.54) is 37.7 Å². The van der Waals surface area contributed by atoms with Crippen molar-refractivity contribution in [2.24, 2.45) is 0 Å². The molecule has 1 saturated carbocycles. The Hall–Kier alpha value is -2.33. The maximum atomic E-state index is 12.1. The van der Waals surface area contributed by atoms with Gasteiger partial charge < -0.3 is 14.2 Å². The molecule has 1 aliphatic rings. The van der Waals surface area contributed by atoms with E-state index in [0.29, 0.717) is 36.4 Å². The predicted octanol–water partition coefficient (Wildman–Crippen LogP) is 7.27. The number of benzene rings is 2. The number of ether oxygens (including phenoxy) is 3. The van der Waals surface area contributed by atoms with Gasteiger partial charge in [0.25, 0.3) is 0 Å². The number of hydrogen-bond acceptors (Lipinski definition) is 4. The van der Waals surface area contributed by atoms with Gasteiger partial charge in [0, 0.05) is 0 Å². The van der Waals surface area contributed by atoms with E-state index in [9.17, 15) is 4.79 Å². The van der Waals surface area contributed by atoms with Crippen LogP contribution in [0, 0.1) is 0 Å². The van der Waals surface area contributed by atoms with E-state index in [1.54, 1.807) is 6.92 Å². The zero-order valence-electron chi connectivity index (χ0n) is 20.1. The first kappa shape index (κ1) is 24.3. The number of carbonyl (C=O) groups excluding carboxylic acids is 1. The van der Waals surface area contributed by atoms with Crippen LogP contribution in [0.2, 0.25) is 0 Å². The lowest BCUT2D eigenvalue weighted by molar-refractivity contribution is -0.0741. The fraction of sp³-hybridized carbons (Fsp3) is 0.536. The third-order valence-corrected chi connectivity index (χ3v) is 6.52. The van der Waals surface area contributed by atoms with Crippen LogP contribution in [0.5, 0.6) is 11.5 Å². The summed E-state index contributed by atoms with van der Waals surface area (Å²) in [6, 6.07) is 14.4. The summed E-state index contributed by atoms with van der Waals surface area (Å²) in [4.78, 5) is 12.1. The summed E-state index contributed by atoms with van der Waals surface area (Å²) in [7, 11) is 0. The zero-order chi connectivity index (χ0) is 22.9. The molecule has 0 amide bonds. The van der Waals surface area contributed by atoms with E-state index in [1.807, 2.05) is 25.1 Å². The van der Waals surface area contributed by atoms with Gasteiger partial charge in [0.2, 0.25) is 0 Å². The lowest BCUT2D eigenvalue weighted by atomic mass is 9.84. The van der Waals surface area contributed by atoms with Gasteiger partial charge in [-0.25, -0.2) is 0 Å². The smallest absolute Gasteiger partial charge is 0.197 e. The standard InChI is InChI=1S/C28H38O4/c1-5-20(2)25-13-16-28(27(19-25)21(3)29)32-22(4)30-17-18-31-26-14-11-24(12-15-26)23-9-7-6-8-10-23/h11-16,19-20,22-23H,5-10,17-18H2,1-4H3. The van der Waals surface area contributed by atoms with E-state index >= 15 is 0 Å². The lowest BCUT2D eigenvalue weighted by Crippen LogP contribution is -2.21.